The van der Waals surface area contributed by atoms with Crippen molar-refractivity contribution in [1.29, 1.82) is 0 Å². The van der Waals surface area contributed by atoms with E-state index in [2.05, 4.69) is 5.32 Å². The van der Waals surface area contributed by atoms with Crippen LogP contribution in [0.1, 0.15) is 27.2 Å². The maximum absolute atomic E-state index is 11.8. The Morgan fingerprint density at radius 2 is 1.95 bits per heavy atom. The highest BCUT2D eigenvalue weighted by molar-refractivity contribution is 6.44. The highest BCUT2D eigenvalue weighted by Crippen LogP contribution is 2.32. The molecule has 0 bridgehead atoms. The van der Waals surface area contributed by atoms with E-state index in [1.807, 2.05) is 13.8 Å². The maximum atomic E-state index is 11.8. The number of benzene rings is 1. The third-order valence-corrected chi connectivity index (χ3v) is 3.66. The van der Waals surface area contributed by atoms with Crippen LogP contribution in [0.2, 0.25) is 10.0 Å². The third-order valence-electron chi connectivity index (χ3n) is 2.85. The Labute approximate surface area is 135 Å². The summed E-state index contributed by atoms with van der Waals surface area (Å²) < 4.78 is 0. The normalized spacial score (nSPS) is 10.6. The Balaban J connectivity index is 2.69. The monoisotopic (exact) mass is 330 g/mol. The number of amides is 2. The number of halogens is 2. The van der Waals surface area contributed by atoms with Crippen molar-refractivity contribution in [2.75, 3.05) is 18.0 Å². The summed E-state index contributed by atoms with van der Waals surface area (Å²) in [6.07, 6.45) is 0.470. The van der Waals surface area contributed by atoms with Crippen LogP contribution in [0.25, 0.3) is 0 Å². The highest BCUT2D eigenvalue weighted by Gasteiger charge is 2.16. The highest BCUT2D eigenvalue weighted by atomic mass is 35.5. The first-order valence-corrected chi connectivity index (χ1v) is 7.57. The molecule has 0 saturated heterocycles. The van der Waals surface area contributed by atoms with Gasteiger partial charge in [-0.2, -0.15) is 0 Å². The summed E-state index contributed by atoms with van der Waals surface area (Å²) in [5.74, 6) is 0.124. The fourth-order valence-corrected chi connectivity index (χ4v) is 2.30. The zero-order chi connectivity index (χ0) is 16.0. The Morgan fingerprint density at radius 1 is 1.29 bits per heavy atom. The Hall–Kier alpha value is -1.26. The second kappa shape index (κ2) is 8.25. The Morgan fingerprint density at radius 3 is 2.52 bits per heavy atom. The predicted octanol–water partition coefficient (Wildman–Crippen LogP) is 3.51. The van der Waals surface area contributed by atoms with Gasteiger partial charge >= 0.3 is 0 Å². The first-order valence-electron chi connectivity index (χ1n) is 6.81. The minimum atomic E-state index is -0.155. The lowest BCUT2D eigenvalue weighted by Crippen LogP contribution is -2.38. The molecule has 0 saturated carbocycles. The van der Waals surface area contributed by atoms with Gasteiger partial charge in [-0.05, 0) is 18.1 Å². The van der Waals surface area contributed by atoms with Gasteiger partial charge in [0.2, 0.25) is 11.8 Å². The van der Waals surface area contributed by atoms with E-state index < -0.39 is 0 Å². The van der Waals surface area contributed by atoms with E-state index in [1.54, 1.807) is 18.2 Å². The SMILES string of the molecule is CC(=O)N(CCNC(=O)CC(C)C)c1cccc(Cl)c1Cl. The number of hydrogen-bond acceptors (Lipinski definition) is 2. The van der Waals surface area contributed by atoms with Gasteiger partial charge in [0.05, 0.1) is 15.7 Å². The molecule has 21 heavy (non-hydrogen) atoms. The standard InChI is InChI=1S/C15H20Cl2N2O2/c1-10(2)9-14(21)18-7-8-19(11(3)20)13-6-4-5-12(16)15(13)17/h4-6,10H,7-9H2,1-3H3,(H,18,21). The lowest BCUT2D eigenvalue weighted by atomic mass is 10.1. The molecule has 0 aliphatic heterocycles. The van der Waals surface area contributed by atoms with Crippen molar-refractivity contribution in [1.82, 2.24) is 5.32 Å². The van der Waals surface area contributed by atoms with Gasteiger partial charge in [-0.15, -0.1) is 0 Å². The first-order chi connectivity index (χ1) is 9.82. The molecule has 2 amide bonds. The largest absolute Gasteiger partial charge is 0.354 e. The molecule has 0 unspecified atom stereocenters. The summed E-state index contributed by atoms with van der Waals surface area (Å²) in [5, 5.41) is 3.52. The number of nitrogens with one attached hydrogen (secondary N) is 1. The fourth-order valence-electron chi connectivity index (χ4n) is 1.90. The molecule has 116 valence electrons. The van der Waals surface area contributed by atoms with Crippen LogP contribution in [0.4, 0.5) is 5.69 Å². The lowest BCUT2D eigenvalue weighted by Gasteiger charge is -2.23. The fraction of sp³-hybridized carbons (Fsp3) is 0.467. The van der Waals surface area contributed by atoms with Crippen LogP contribution in [-0.2, 0) is 9.59 Å². The Kier molecular flexibility index (Phi) is 6.99. The third kappa shape index (κ3) is 5.56. The van der Waals surface area contributed by atoms with Crippen molar-refractivity contribution in [3.63, 3.8) is 0 Å². The molecule has 6 heteroatoms. The molecule has 0 radical (unpaired) electrons. The average molecular weight is 331 g/mol. The molecule has 1 rings (SSSR count). The number of carbonyl (C=O) groups excluding carboxylic acids is 2. The van der Waals surface area contributed by atoms with Gasteiger partial charge in [0.25, 0.3) is 0 Å². The molecule has 0 heterocycles. The Bertz CT molecular complexity index is 518. The summed E-state index contributed by atoms with van der Waals surface area (Å²) in [7, 11) is 0. The van der Waals surface area contributed by atoms with E-state index in [4.69, 9.17) is 23.2 Å². The molecular weight excluding hydrogens is 311 g/mol. The molecule has 0 atom stereocenters. The zero-order valence-electron chi connectivity index (χ0n) is 12.5. The zero-order valence-corrected chi connectivity index (χ0v) is 14.0. The molecule has 0 aliphatic carbocycles. The van der Waals surface area contributed by atoms with Gasteiger partial charge < -0.3 is 10.2 Å². The van der Waals surface area contributed by atoms with Crippen LogP contribution in [0.5, 0.6) is 0 Å². The molecule has 0 aromatic heterocycles. The van der Waals surface area contributed by atoms with Crippen molar-refractivity contribution in [3.8, 4) is 0 Å². The van der Waals surface area contributed by atoms with Crippen molar-refractivity contribution in [3.05, 3.63) is 28.2 Å². The van der Waals surface area contributed by atoms with Gasteiger partial charge in [-0.1, -0.05) is 43.1 Å². The van der Waals surface area contributed by atoms with Gasteiger partial charge in [-0.25, -0.2) is 0 Å². The smallest absolute Gasteiger partial charge is 0.223 e. The molecule has 0 aliphatic rings. The summed E-state index contributed by atoms with van der Waals surface area (Å²) in [5.41, 5.74) is 0.551. The second-order valence-corrected chi connectivity index (χ2v) is 5.98. The number of nitrogens with zero attached hydrogens (tertiary/aromatic N) is 1. The maximum Gasteiger partial charge on any atom is 0.223 e. The van der Waals surface area contributed by atoms with Crippen LogP contribution < -0.4 is 10.2 Å². The minimum Gasteiger partial charge on any atom is -0.354 e. The van der Waals surface area contributed by atoms with E-state index in [0.717, 1.165) is 0 Å². The van der Waals surface area contributed by atoms with E-state index in [9.17, 15) is 9.59 Å². The second-order valence-electron chi connectivity index (χ2n) is 5.19. The average Bonchev–Trinajstić information content (AvgIpc) is 2.37. The van der Waals surface area contributed by atoms with Gasteiger partial charge in [-0.3, -0.25) is 9.59 Å². The van der Waals surface area contributed by atoms with E-state index in [-0.39, 0.29) is 11.8 Å². The molecule has 0 spiro atoms. The molecule has 1 N–H and O–H groups in total. The number of anilines is 1. The van der Waals surface area contributed by atoms with E-state index in [1.165, 1.54) is 11.8 Å². The van der Waals surface area contributed by atoms with Crippen LogP contribution >= 0.6 is 23.2 Å². The van der Waals surface area contributed by atoms with Gasteiger partial charge in [0.15, 0.2) is 0 Å². The topological polar surface area (TPSA) is 49.4 Å². The summed E-state index contributed by atoms with van der Waals surface area (Å²) >= 11 is 12.1. The van der Waals surface area contributed by atoms with Gasteiger partial charge in [0, 0.05) is 26.4 Å². The quantitative estimate of drug-likeness (QED) is 0.867. The summed E-state index contributed by atoms with van der Waals surface area (Å²) in [6.45, 7) is 6.13. The molecular formula is C15H20Cl2N2O2. The summed E-state index contributed by atoms with van der Waals surface area (Å²) in [4.78, 5) is 24.9. The molecule has 0 fully saturated rings. The van der Waals surface area contributed by atoms with E-state index in [0.29, 0.717) is 41.2 Å². The van der Waals surface area contributed by atoms with Crippen molar-refractivity contribution < 1.29 is 9.59 Å². The number of carbonyl (C=O) groups is 2. The summed E-state index contributed by atoms with van der Waals surface area (Å²) in [6, 6.07) is 5.12. The van der Waals surface area contributed by atoms with Crippen LogP contribution in [0.15, 0.2) is 18.2 Å². The first kappa shape index (κ1) is 17.8. The van der Waals surface area contributed by atoms with Crippen LogP contribution in [-0.4, -0.2) is 24.9 Å². The molecule has 1 aromatic carbocycles. The van der Waals surface area contributed by atoms with Gasteiger partial charge in [0.1, 0.15) is 0 Å². The van der Waals surface area contributed by atoms with Crippen molar-refractivity contribution in [2.24, 2.45) is 5.92 Å². The minimum absolute atomic E-state index is 0.0225. The number of hydrogen-bond donors (Lipinski definition) is 1. The van der Waals surface area contributed by atoms with Crippen molar-refractivity contribution in [2.45, 2.75) is 27.2 Å². The lowest BCUT2D eigenvalue weighted by molar-refractivity contribution is -0.122. The van der Waals surface area contributed by atoms with Crippen LogP contribution in [0, 0.1) is 5.92 Å². The molecule has 4 nitrogen and oxygen atoms in total. The van der Waals surface area contributed by atoms with Crippen LogP contribution in [0.3, 0.4) is 0 Å². The number of rotatable bonds is 6. The molecule has 1 aromatic rings. The van der Waals surface area contributed by atoms with Crippen molar-refractivity contribution >= 4 is 40.7 Å². The predicted molar refractivity (Wildman–Crippen MR) is 87.0 cm³/mol. The van der Waals surface area contributed by atoms with E-state index >= 15 is 0 Å².